The molecule has 3 heterocycles. The van der Waals surface area contributed by atoms with Crippen LogP contribution in [0.2, 0.25) is 0 Å². The largest absolute Gasteiger partial charge is 0.481 e. The van der Waals surface area contributed by atoms with Crippen molar-refractivity contribution in [3.63, 3.8) is 0 Å². The lowest BCUT2D eigenvalue weighted by Gasteiger charge is -2.11. The van der Waals surface area contributed by atoms with Gasteiger partial charge in [-0.05, 0) is 50.1 Å². The van der Waals surface area contributed by atoms with E-state index in [1.807, 2.05) is 32.0 Å². The van der Waals surface area contributed by atoms with Gasteiger partial charge in [-0.2, -0.15) is 19.9 Å². The number of rotatable bonds is 6. The molecule has 0 fully saturated rings. The lowest BCUT2D eigenvalue weighted by atomic mass is 10.1. The number of hydrogen-bond donors (Lipinski definition) is 2. The number of nitrogens with one attached hydrogen (secondary N) is 2. The number of anilines is 1. The van der Waals surface area contributed by atoms with E-state index in [4.69, 9.17) is 4.74 Å². The van der Waals surface area contributed by atoms with Crippen LogP contribution in [0, 0.1) is 26.6 Å². The molecular formula is C25H22FN7O3. The first-order valence-electron chi connectivity index (χ1n) is 11.1. The summed E-state index contributed by atoms with van der Waals surface area (Å²) in [5, 5.41) is 11.7. The summed E-state index contributed by atoms with van der Waals surface area (Å²) in [6.07, 6.45) is 1.46. The SMILES string of the molecule is Cc1cc(NC(=O)COc2ccccc2F)n(-c2nc3c(cnn3-c3cccc(C)c3C)c(=O)[nH]2)n1. The Kier molecular flexibility index (Phi) is 5.80. The van der Waals surface area contributed by atoms with Crippen molar-refractivity contribution in [2.75, 3.05) is 11.9 Å². The van der Waals surface area contributed by atoms with Crippen LogP contribution in [0.15, 0.2) is 59.5 Å². The standard InChI is InChI=1S/C25H22FN7O3/c1-14-7-6-9-19(16(14)3)32-23-17(12-27-32)24(35)30-25(29-23)33-21(11-15(2)31-33)28-22(34)13-36-20-10-5-4-8-18(20)26/h4-12H,13H2,1-3H3,(H,28,34)(H,29,30,35). The van der Waals surface area contributed by atoms with Gasteiger partial charge in [0.05, 0.1) is 17.6 Å². The second kappa shape index (κ2) is 9.10. The number of fused-ring (bicyclic) bond motifs is 1. The number of H-pyrrole nitrogens is 1. The average Bonchev–Trinajstić information content (AvgIpc) is 3.44. The van der Waals surface area contributed by atoms with Gasteiger partial charge in [0.2, 0.25) is 5.95 Å². The highest BCUT2D eigenvalue weighted by Crippen LogP contribution is 2.22. The number of para-hydroxylation sites is 1. The molecule has 5 rings (SSSR count). The van der Waals surface area contributed by atoms with Crippen LogP contribution >= 0.6 is 0 Å². The topological polar surface area (TPSA) is 120 Å². The molecule has 10 nitrogen and oxygen atoms in total. The zero-order chi connectivity index (χ0) is 25.4. The molecule has 0 saturated carbocycles. The summed E-state index contributed by atoms with van der Waals surface area (Å²) in [7, 11) is 0. The van der Waals surface area contributed by atoms with Gasteiger partial charge in [-0.15, -0.1) is 0 Å². The van der Waals surface area contributed by atoms with E-state index in [1.165, 1.54) is 29.1 Å². The van der Waals surface area contributed by atoms with Crippen LogP contribution in [0.25, 0.3) is 22.7 Å². The number of amides is 1. The quantitative estimate of drug-likeness (QED) is 0.379. The highest BCUT2D eigenvalue weighted by atomic mass is 19.1. The smallest absolute Gasteiger partial charge is 0.263 e. The predicted molar refractivity (Wildman–Crippen MR) is 131 cm³/mol. The second-order valence-corrected chi connectivity index (χ2v) is 8.25. The number of aromatic nitrogens is 6. The Balaban J connectivity index is 1.48. The van der Waals surface area contributed by atoms with Gasteiger partial charge in [-0.1, -0.05) is 24.3 Å². The van der Waals surface area contributed by atoms with E-state index in [0.717, 1.165) is 16.8 Å². The number of aryl methyl sites for hydroxylation is 2. The molecule has 5 aromatic rings. The summed E-state index contributed by atoms with van der Waals surface area (Å²) in [4.78, 5) is 32.7. The first-order chi connectivity index (χ1) is 17.3. The van der Waals surface area contributed by atoms with Gasteiger partial charge in [0.1, 0.15) is 11.2 Å². The minimum atomic E-state index is -0.568. The molecule has 0 radical (unpaired) electrons. The Hall–Kier alpha value is -4.80. The molecule has 2 aromatic carbocycles. The molecule has 0 saturated heterocycles. The minimum Gasteiger partial charge on any atom is -0.481 e. The third-order valence-corrected chi connectivity index (χ3v) is 5.72. The fraction of sp³-hybridized carbons (Fsp3) is 0.160. The van der Waals surface area contributed by atoms with Gasteiger partial charge in [-0.3, -0.25) is 14.6 Å². The maximum Gasteiger partial charge on any atom is 0.263 e. The van der Waals surface area contributed by atoms with Crippen molar-refractivity contribution in [2.45, 2.75) is 20.8 Å². The Morgan fingerprint density at radius 3 is 2.72 bits per heavy atom. The average molecular weight is 487 g/mol. The first kappa shape index (κ1) is 23.0. The summed E-state index contributed by atoms with van der Waals surface area (Å²) in [5.74, 6) is -0.786. The summed E-state index contributed by atoms with van der Waals surface area (Å²) >= 11 is 0. The van der Waals surface area contributed by atoms with Gasteiger partial charge in [0.25, 0.3) is 11.5 Å². The molecule has 182 valence electrons. The fourth-order valence-electron chi connectivity index (χ4n) is 3.78. The van der Waals surface area contributed by atoms with E-state index >= 15 is 0 Å². The molecular weight excluding hydrogens is 465 g/mol. The number of carbonyl (C=O) groups excluding carboxylic acids is 1. The Morgan fingerprint density at radius 1 is 1.11 bits per heavy atom. The second-order valence-electron chi connectivity index (χ2n) is 8.25. The molecule has 11 heteroatoms. The van der Waals surface area contributed by atoms with Gasteiger partial charge >= 0.3 is 0 Å². The summed E-state index contributed by atoms with van der Waals surface area (Å²) in [6.45, 7) is 5.28. The van der Waals surface area contributed by atoms with E-state index in [0.29, 0.717) is 16.7 Å². The van der Waals surface area contributed by atoms with E-state index < -0.39 is 23.9 Å². The summed E-state index contributed by atoms with van der Waals surface area (Å²) < 4.78 is 22.0. The molecule has 0 aliphatic heterocycles. The summed E-state index contributed by atoms with van der Waals surface area (Å²) in [6, 6.07) is 13.2. The maximum absolute atomic E-state index is 13.8. The van der Waals surface area contributed by atoms with Crippen molar-refractivity contribution >= 4 is 22.8 Å². The first-order valence-corrected chi connectivity index (χ1v) is 11.1. The van der Waals surface area contributed by atoms with Gasteiger partial charge in [-0.25, -0.2) is 9.07 Å². The molecule has 0 atom stereocenters. The van der Waals surface area contributed by atoms with Crippen LogP contribution in [0.3, 0.4) is 0 Å². The predicted octanol–water partition coefficient (Wildman–Crippen LogP) is 3.38. The monoisotopic (exact) mass is 487 g/mol. The minimum absolute atomic E-state index is 0.0338. The van der Waals surface area contributed by atoms with E-state index in [-0.39, 0.29) is 17.5 Å². The van der Waals surface area contributed by atoms with E-state index in [2.05, 4.69) is 25.5 Å². The van der Waals surface area contributed by atoms with Crippen molar-refractivity contribution in [3.8, 4) is 17.4 Å². The van der Waals surface area contributed by atoms with Crippen LogP contribution < -0.4 is 15.6 Å². The molecule has 0 spiro atoms. The molecule has 0 unspecified atom stereocenters. The number of carbonyl (C=O) groups is 1. The highest BCUT2D eigenvalue weighted by molar-refractivity contribution is 5.91. The Bertz CT molecular complexity index is 1670. The van der Waals surface area contributed by atoms with Crippen molar-refractivity contribution < 1.29 is 13.9 Å². The van der Waals surface area contributed by atoms with Gasteiger partial charge in [0, 0.05) is 6.07 Å². The number of ether oxygens (including phenoxy) is 1. The lowest BCUT2D eigenvalue weighted by molar-refractivity contribution is -0.118. The third kappa shape index (κ3) is 4.22. The van der Waals surface area contributed by atoms with Crippen LogP contribution in [0.1, 0.15) is 16.8 Å². The Labute approximate surface area is 204 Å². The maximum atomic E-state index is 13.8. The van der Waals surface area contributed by atoms with Crippen molar-refractivity contribution in [1.29, 1.82) is 0 Å². The van der Waals surface area contributed by atoms with Crippen LogP contribution in [0.4, 0.5) is 10.2 Å². The molecule has 1 amide bonds. The van der Waals surface area contributed by atoms with Crippen LogP contribution in [0.5, 0.6) is 5.75 Å². The highest BCUT2D eigenvalue weighted by Gasteiger charge is 2.18. The van der Waals surface area contributed by atoms with Crippen molar-refractivity contribution in [2.24, 2.45) is 0 Å². The lowest BCUT2D eigenvalue weighted by Crippen LogP contribution is -2.23. The zero-order valence-electron chi connectivity index (χ0n) is 19.7. The number of nitrogens with zero attached hydrogens (tertiary/aromatic N) is 5. The molecule has 0 bridgehead atoms. The molecule has 0 aliphatic rings. The van der Waals surface area contributed by atoms with Gasteiger partial charge < -0.3 is 10.1 Å². The van der Waals surface area contributed by atoms with Crippen LogP contribution in [-0.2, 0) is 4.79 Å². The number of aromatic amines is 1. The van der Waals surface area contributed by atoms with Crippen LogP contribution in [-0.4, -0.2) is 42.0 Å². The Morgan fingerprint density at radius 2 is 1.92 bits per heavy atom. The molecule has 2 N–H and O–H groups in total. The molecule has 0 aliphatic carbocycles. The van der Waals surface area contributed by atoms with Gasteiger partial charge in [0.15, 0.2) is 23.8 Å². The third-order valence-electron chi connectivity index (χ3n) is 5.72. The number of benzene rings is 2. The van der Waals surface area contributed by atoms with E-state index in [1.54, 1.807) is 23.7 Å². The van der Waals surface area contributed by atoms with E-state index in [9.17, 15) is 14.0 Å². The van der Waals surface area contributed by atoms with Crippen molar-refractivity contribution in [3.05, 3.63) is 87.7 Å². The number of hydrogen-bond acceptors (Lipinski definition) is 6. The molecule has 36 heavy (non-hydrogen) atoms. The van der Waals surface area contributed by atoms with Crippen molar-refractivity contribution in [1.82, 2.24) is 29.5 Å². The fourth-order valence-corrected chi connectivity index (χ4v) is 3.78. The molecule has 3 aromatic heterocycles. The summed E-state index contributed by atoms with van der Waals surface area (Å²) in [5.41, 5.74) is 3.39. The normalized spacial score (nSPS) is 11.1. The zero-order valence-corrected chi connectivity index (χ0v) is 19.7. The number of halogens is 1.